The number of furan rings is 1. The Hall–Kier alpha value is 2.61. The van der Waals surface area contributed by atoms with Gasteiger partial charge in [0, 0.05) is 101 Å². The second kappa shape index (κ2) is 122. The van der Waals surface area contributed by atoms with Gasteiger partial charge in [-0.05, 0) is 226 Å². The van der Waals surface area contributed by atoms with Crippen molar-refractivity contribution in [2.45, 2.75) is 578 Å². The monoisotopic (exact) mass is 2440 g/mol. The van der Waals surface area contributed by atoms with Gasteiger partial charge < -0.3 is 9.15 Å². The minimum absolute atomic E-state index is 0.444. The zero-order valence-corrected chi connectivity index (χ0v) is 124. The van der Waals surface area contributed by atoms with Crippen LogP contribution in [0.4, 0.5) is 0 Å². The lowest BCUT2D eigenvalue weighted by molar-refractivity contribution is 0.283. The maximum absolute atomic E-state index is 5.85. The number of benzene rings is 4. The molecule has 2 atom stereocenters. The molecule has 0 aliphatic heterocycles. The highest BCUT2D eigenvalue weighted by Crippen LogP contribution is 2.44. The summed E-state index contributed by atoms with van der Waals surface area (Å²) >= 11 is 2.00. The minimum Gasteiger partial charge on any atom is -0.492 e. The second-order valence-corrected chi connectivity index (χ2v) is 73.0. The third-order valence-corrected chi connectivity index (χ3v) is 49.0. The van der Waals surface area contributed by atoms with Gasteiger partial charge in [0.15, 0.2) is 0 Å². The number of ether oxygens (including phenoxy) is 1. The molecule has 0 aliphatic carbocycles. The molecule has 5 rings (SSSR count). The molecule has 1 heterocycles. The Balaban J connectivity index is -0.000000180. The molecule has 0 spiro atoms. The Morgan fingerprint density at radius 2 is 0.640 bits per heavy atom. The molecular formula is C129H250O2S19. The van der Waals surface area contributed by atoms with Crippen LogP contribution >= 0.6 is 206 Å². The van der Waals surface area contributed by atoms with Crippen LogP contribution in [0.1, 0.15) is 497 Å². The van der Waals surface area contributed by atoms with E-state index in [0.717, 1.165) is 127 Å². The fourth-order valence-corrected chi connectivity index (χ4v) is 31.3. The van der Waals surface area contributed by atoms with Gasteiger partial charge in [0.2, 0.25) is 0 Å². The van der Waals surface area contributed by atoms with Crippen molar-refractivity contribution in [3.05, 3.63) is 143 Å². The van der Waals surface area contributed by atoms with Crippen molar-refractivity contribution in [2.24, 2.45) is 65.1 Å². The van der Waals surface area contributed by atoms with Gasteiger partial charge in [-0.25, -0.2) is 0 Å². The number of aryl methyl sites for hydroxylation is 1. The Kier molecular flexibility index (Phi) is 141. The van der Waals surface area contributed by atoms with Crippen LogP contribution in [0.15, 0.2) is 129 Å². The Bertz CT molecular complexity index is 3340. The molecule has 0 aliphatic rings. The van der Waals surface area contributed by atoms with Gasteiger partial charge in [-0.1, -0.05) is 653 Å². The Labute approximate surface area is 1020 Å². The molecule has 0 bridgehead atoms. The van der Waals surface area contributed by atoms with Gasteiger partial charge in [0.05, 0.1) is 24.0 Å². The van der Waals surface area contributed by atoms with Gasteiger partial charge >= 0.3 is 0 Å². The predicted molar refractivity (Wildman–Crippen MR) is 760 cm³/mol. The molecular weight excluding hydrogens is 2190 g/mol. The topological polar surface area (TPSA) is 22.4 Å². The first-order chi connectivity index (χ1) is 70.6. The van der Waals surface area contributed by atoms with Crippen LogP contribution in [0.25, 0.3) is 0 Å². The van der Waals surface area contributed by atoms with Crippen LogP contribution in [0.2, 0.25) is 0 Å². The van der Waals surface area contributed by atoms with E-state index in [9.17, 15) is 0 Å². The molecule has 0 saturated heterocycles. The summed E-state index contributed by atoms with van der Waals surface area (Å²) < 4.78 is 11.6. The lowest BCUT2D eigenvalue weighted by Gasteiger charge is -2.24. The first-order valence-corrected chi connectivity index (χ1v) is 80.7. The van der Waals surface area contributed by atoms with Crippen molar-refractivity contribution >= 4 is 206 Å². The quantitative estimate of drug-likeness (QED) is 0.0272. The molecule has 150 heavy (non-hydrogen) atoms. The van der Waals surface area contributed by atoms with E-state index < -0.39 is 0 Å². The van der Waals surface area contributed by atoms with Crippen molar-refractivity contribution in [3.63, 3.8) is 0 Å². The zero-order valence-electron chi connectivity index (χ0n) is 108. The van der Waals surface area contributed by atoms with E-state index in [1.54, 1.807) is 10.8 Å². The maximum Gasteiger partial charge on any atom is 0.133 e. The van der Waals surface area contributed by atoms with Crippen LogP contribution in [-0.4, -0.2) is 86.4 Å². The largest absolute Gasteiger partial charge is 0.492 e. The van der Waals surface area contributed by atoms with Crippen LogP contribution in [0.5, 0.6) is 5.75 Å². The van der Waals surface area contributed by atoms with Gasteiger partial charge in [-0.3, -0.25) is 0 Å². The number of hydrogen-bond donors (Lipinski definition) is 0. The highest BCUT2D eigenvalue weighted by atomic mass is 33.1. The molecule has 2 unspecified atom stereocenters. The lowest BCUT2D eigenvalue weighted by Crippen LogP contribution is -2.14. The van der Waals surface area contributed by atoms with Crippen LogP contribution < -0.4 is 4.74 Å². The Morgan fingerprint density at radius 3 is 1.08 bits per heavy atom. The molecule has 4 aromatic carbocycles. The summed E-state index contributed by atoms with van der Waals surface area (Å²) in [5, 5.41) is 8.17. The minimum atomic E-state index is 0.444. The number of unbranched alkanes of at least 4 members (excludes halogenated alkanes) is 1. The summed E-state index contributed by atoms with van der Waals surface area (Å²) in [5.74, 6) is 15.9. The Morgan fingerprint density at radius 1 is 0.267 bits per heavy atom. The molecule has 0 N–H and O–H groups in total. The molecule has 1 aromatic heterocycles. The molecule has 0 saturated carbocycles. The molecule has 0 fully saturated rings. The fraction of sp³-hybridized carbons (Fsp3) is 0.783. The summed E-state index contributed by atoms with van der Waals surface area (Å²) in [4.78, 5) is 4.04. The third-order valence-electron chi connectivity index (χ3n) is 18.7. The summed E-state index contributed by atoms with van der Waals surface area (Å²) in [5.41, 5.74) is 8.76. The smallest absolute Gasteiger partial charge is 0.133 e. The normalized spacial score (nSPS) is 11.4. The average molecular weight is 2440 g/mol. The summed E-state index contributed by atoms with van der Waals surface area (Å²) in [6.07, 6.45) is 27.4. The highest BCUT2D eigenvalue weighted by Gasteiger charge is 2.21. The van der Waals surface area contributed by atoms with Gasteiger partial charge in [-0.15, -0.1) is 0 Å². The first kappa shape index (κ1) is 172. The first-order valence-electron chi connectivity index (χ1n) is 59.0. The predicted octanol–water partition coefficient (Wildman–Crippen LogP) is 53.8. The van der Waals surface area contributed by atoms with Crippen LogP contribution in [0.3, 0.4) is 0 Å². The average Bonchev–Trinajstić information content (AvgIpc) is 1.48. The van der Waals surface area contributed by atoms with Crippen LogP contribution in [0, 0.1) is 65.1 Å². The van der Waals surface area contributed by atoms with Crippen LogP contribution in [-0.2, 0) is 37.2 Å². The number of rotatable bonds is 62. The molecule has 5 aromatic rings. The van der Waals surface area contributed by atoms with Crippen molar-refractivity contribution in [1.82, 2.24) is 0 Å². The van der Waals surface area contributed by atoms with E-state index in [4.69, 9.17) is 9.15 Å². The molecule has 2 nitrogen and oxygen atoms in total. The van der Waals surface area contributed by atoms with Crippen molar-refractivity contribution < 1.29 is 9.15 Å². The SMILES string of the molecule is CC.CC.CC.CC.CC.CC(C)CCC(C)(C)SSC(C)C.CC(C)CCC(C)SSC(C)C.CC(C)CCCC(C)SSC(C)C.CC(C)CCCCSSC(C)C.CC(C)CCCSSC(C)C.CC(C)CCOc1ccccc1SSC(C)C.CC(C)CCc1ccccc1SSC(C)C.CC(C)CSCc1cocc1CC(C)C.CC(C)Cc1ccc(SSC(C)C)cc1.CC(C)Cc1ccccc1CSSC(C)C. The number of para-hydroxylation sites is 1. The summed E-state index contributed by atoms with van der Waals surface area (Å²) in [7, 11) is 35.5. The van der Waals surface area contributed by atoms with Gasteiger partial charge in [-0.2, -0.15) is 11.8 Å². The molecule has 0 amide bonds. The van der Waals surface area contributed by atoms with Gasteiger partial charge in [0.25, 0.3) is 0 Å². The van der Waals surface area contributed by atoms with E-state index in [2.05, 4.69) is 406 Å². The molecule has 892 valence electrons. The van der Waals surface area contributed by atoms with E-state index in [0.29, 0.717) is 37.6 Å². The van der Waals surface area contributed by atoms with E-state index >= 15 is 0 Å². The van der Waals surface area contributed by atoms with Crippen molar-refractivity contribution in [1.29, 1.82) is 0 Å². The van der Waals surface area contributed by atoms with E-state index in [1.807, 2.05) is 272 Å². The number of thioether (sulfide) groups is 1. The standard InChI is InChI=1S/C14H22OS2.2C14H22S2.C13H22OS.C13H20S2.2C11H24S2.2C10H22S2.C9H20S2.5C2H6/c1-11(2)9-10-15-13-7-5-6-8-14(13)17-16-12(3)4;1-11(2)9-13-7-5-6-8-14(13)10-15-16-12(3)4;1-11(2)9-10-13-7-5-6-8-14(13)16-15-12(3)4;1-10(2)5-12-6-14-7-13(12)9-15-8-11(3)4;1-10(2)9-12-5-7-13(8-6-12)15-14-11(3)4;1-9(2)7-8-11(5,6)13-12-10(3)4;1-9(2)7-6-8-11(5)13-12-10(3)4;1-8(2)6-7-10(5)12-11-9(3)4;1-9(2)7-5-6-8-11-12-10(3)4;1-8(2)6-5-7-10-11-9(3)4;5*1-2/h5-8,11-12H,9-10H2,1-4H3;2*5-8,11-12H,9-10H2,1-4H3;6-7,10-11H,5,8-9H2,1-4H3;5-8,10-11H,9H2,1-4H3;9-10H,7-8H2,1-6H3;9-11H,6-8H2,1-5H3;8-10H,6-7H2,1-5H3;9-10H,5-8H2,1-4H3;8-9H,5-7H2,1-4H3;5*1-2H3. The molecule has 21 heteroatoms. The molecule has 0 radical (unpaired) electrons. The van der Waals surface area contributed by atoms with Crippen molar-refractivity contribution in [3.8, 4) is 5.75 Å². The second-order valence-electron chi connectivity index (χ2n) is 44.3. The summed E-state index contributed by atoms with van der Waals surface area (Å²) in [6, 6.07) is 34.9. The highest BCUT2D eigenvalue weighted by molar-refractivity contribution is 8.79. The fourth-order valence-electron chi connectivity index (χ4n) is 11.4. The third kappa shape index (κ3) is 139. The van der Waals surface area contributed by atoms with Gasteiger partial charge in [0.1, 0.15) is 5.75 Å². The zero-order chi connectivity index (χ0) is 118. The van der Waals surface area contributed by atoms with Crippen molar-refractivity contribution in [2.75, 3.05) is 23.9 Å². The number of hydrogen-bond acceptors (Lipinski definition) is 21. The van der Waals surface area contributed by atoms with E-state index in [1.165, 1.54) is 168 Å². The van der Waals surface area contributed by atoms with E-state index in [-0.39, 0.29) is 0 Å². The summed E-state index contributed by atoms with van der Waals surface area (Å²) in [6.45, 7) is 121. The maximum atomic E-state index is 5.85. The lowest BCUT2D eigenvalue weighted by atomic mass is 9.99.